The molecule has 3 heteroatoms. The van der Waals surface area contributed by atoms with Crippen molar-refractivity contribution in [1.29, 1.82) is 0 Å². The van der Waals surface area contributed by atoms with Crippen LogP contribution in [-0.4, -0.2) is 18.1 Å². The third-order valence-corrected chi connectivity index (χ3v) is 4.15. The standard InChI is InChI=1S/C18H30N2O/c1-14(2)10-19-11-17-12-20-15(3)9-18(17)21-13-16-7-5-4-6-8-16/h9,12,14,16,19H,4-8,10-11,13H2,1-3H3. The van der Waals surface area contributed by atoms with Crippen molar-refractivity contribution in [3.05, 3.63) is 23.5 Å². The Balaban J connectivity index is 1.90. The van der Waals surface area contributed by atoms with E-state index in [0.717, 1.165) is 37.1 Å². The summed E-state index contributed by atoms with van der Waals surface area (Å²) in [5.74, 6) is 2.42. The molecule has 1 aliphatic rings. The predicted octanol–water partition coefficient (Wildman–Crippen LogP) is 4.09. The summed E-state index contributed by atoms with van der Waals surface area (Å²) in [5.41, 5.74) is 2.21. The average Bonchev–Trinajstić information content (AvgIpc) is 2.48. The molecule has 1 fully saturated rings. The first-order valence-corrected chi connectivity index (χ1v) is 8.44. The first-order valence-electron chi connectivity index (χ1n) is 8.44. The maximum atomic E-state index is 6.13. The van der Waals surface area contributed by atoms with Crippen LogP contribution in [0.2, 0.25) is 0 Å². The molecule has 1 aromatic heterocycles. The number of aromatic nitrogens is 1. The molecule has 0 radical (unpaired) electrons. The van der Waals surface area contributed by atoms with E-state index in [-0.39, 0.29) is 0 Å². The first-order chi connectivity index (χ1) is 10.1. The lowest BCUT2D eigenvalue weighted by Gasteiger charge is -2.22. The first kappa shape index (κ1) is 16.3. The third kappa shape index (κ3) is 5.66. The number of nitrogens with zero attached hydrogens (tertiary/aromatic N) is 1. The van der Waals surface area contributed by atoms with Crippen LogP contribution >= 0.6 is 0 Å². The SMILES string of the molecule is Cc1cc(OCC2CCCCC2)c(CNCC(C)C)cn1. The zero-order valence-corrected chi connectivity index (χ0v) is 13.8. The summed E-state index contributed by atoms with van der Waals surface area (Å²) in [7, 11) is 0. The largest absolute Gasteiger partial charge is 0.493 e. The lowest BCUT2D eigenvalue weighted by atomic mass is 9.90. The van der Waals surface area contributed by atoms with E-state index in [1.807, 2.05) is 13.1 Å². The van der Waals surface area contributed by atoms with Crippen LogP contribution in [0.25, 0.3) is 0 Å². The van der Waals surface area contributed by atoms with Gasteiger partial charge in [-0.3, -0.25) is 4.98 Å². The minimum absolute atomic E-state index is 0.662. The van der Waals surface area contributed by atoms with Gasteiger partial charge in [0.1, 0.15) is 5.75 Å². The zero-order chi connectivity index (χ0) is 15.1. The second-order valence-electron chi connectivity index (χ2n) is 6.77. The Kier molecular flexibility index (Phi) is 6.50. The fourth-order valence-corrected chi connectivity index (χ4v) is 2.89. The Hall–Kier alpha value is -1.09. The second-order valence-corrected chi connectivity index (χ2v) is 6.77. The van der Waals surface area contributed by atoms with E-state index in [9.17, 15) is 0 Å². The maximum Gasteiger partial charge on any atom is 0.127 e. The minimum atomic E-state index is 0.662. The van der Waals surface area contributed by atoms with Crippen molar-refractivity contribution >= 4 is 0 Å². The highest BCUT2D eigenvalue weighted by molar-refractivity contribution is 5.32. The molecule has 0 aromatic carbocycles. The molecule has 0 unspecified atom stereocenters. The molecule has 1 aromatic rings. The van der Waals surface area contributed by atoms with E-state index in [1.165, 1.54) is 37.7 Å². The number of aryl methyl sites for hydroxylation is 1. The summed E-state index contributed by atoms with van der Waals surface area (Å²) >= 11 is 0. The molecule has 1 saturated carbocycles. The number of ether oxygens (including phenoxy) is 1. The Morgan fingerprint density at radius 1 is 1.29 bits per heavy atom. The molecule has 0 aliphatic heterocycles. The fraction of sp³-hybridized carbons (Fsp3) is 0.722. The Bertz CT molecular complexity index is 425. The van der Waals surface area contributed by atoms with Gasteiger partial charge in [0.25, 0.3) is 0 Å². The van der Waals surface area contributed by atoms with Crippen molar-refractivity contribution in [1.82, 2.24) is 10.3 Å². The molecule has 2 rings (SSSR count). The van der Waals surface area contributed by atoms with Crippen molar-refractivity contribution in [2.45, 2.75) is 59.4 Å². The lowest BCUT2D eigenvalue weighted by molar-refractivity contribution is 0.207. The Labute approximate surface area is 129 Å². The predicted molar refractivity (Wildman–Crippen MR) is 87.6 cm³/mol. The van der Waals surface area contributed by atoms with E-state index < -0.39 is 0 Å². The van der Waals surface area contributed by atoms with E-state index in [0.29, 0.717) is 5.92 Å². The molecule has 3 nitrogen and oxygen atoms in total. The monoisotopic (exact) mass is 290 g/mol. The van der Waals surface area contributed by atoms with Crippen LogP contribution in [0.5, 0.6) is 5.75 Å². The van der Waals surface area contributed by atoms with E-state index in [1.54, 1.807) is 0 Å². The fourth-order valence-electron chi connectivity index (χ4n) is 2.89. The molecule has 21 heavy (non-hydrogen) atoms. The quantitative estimate of drug-likeness (QED) is 0.821. The van der Waals surface area contributed by atoms with Gasteiger partial charge in [-0.15, -0.1) is 0 Å². The molecule has 0 bridgehead atoms. The van der Waals surface area contributed by atoms with Gasteiger partial charge in [0.15, 0.2) is 0 Å². The summed E-state index contributed by atoms with van der Waals surface area (Å²) in [6.07, 6.45) is 8.74. The van der Waals surface area contributed by atoms with E-state index in [2.05, 4.69) is 30.2 Å². The van der Waals surface area contributed by atoms with Gasteiger partial charge in [0.05, 0.1) is 6.61 Å². The van der Waals surface area contributed by atoms with Crippen LogP contribution in [0.4, 0.5) is 0 Å². The summed E-state index contributed by atoms with van der Waals surface area (Å²) in [6.45, 7) is 9.20. The van der Waals surface area contributed by atoms with Gasteiger partial charge in [-0.05, 0) is 38.1 Å². The molecular weight excluding hydrogens is 260 g/mol. The topological polar surface area (TPSA) is 34.1 Å². The number of nitrogens with one attached hydrogen (secondary N) is 1. The van der Waals surface area contributed by atoms with Gasteiger partial charge in [0.2, 0.25) is 0 Å². The molecule has 0 amide bonds. The van der Waals surface area contributed by atoms with Crippen molar-refractivity contribution < 1.29 is 4.74 Å². The van der Waals surface area contributed by atoms with Crippen LogP contribution in [0.3, 0.4) is 0 Å². The van der Waals surface area contributed by atoms with Crippen molar-refractivity contribution in [3.8, 4) is 5.75 Å². The normalized spacial score (nSPS) is 16.4. The number of pyridine rings is 1. The van der Waals surface area contributed by atoms with Gasteiger partial charge in [-0.2, -0.15) is 0 Å². The molecular formula is C18H30N2O. The Morgan fingerprint density at radius 3 is 2.76 bits per heavy atom. The molecule has 118 valence electrons. The van der Waals surface area contributed by atoms with E-state index >= 15 is 0 Å². The van der Waals surface area contributed by atoms with Gasteiger partial charge >= 0.3 is 0 Å². The van der Waals surface area contributed by atoms with Gasteiger partial charge in [-0.25, -0.2) is 0 Å². The summed E-state index contributed by atoms with van der Waals surface area (Å²) in [5, 5.41) is 3.48. The van der Waals surface area contributed by atoms with Crippen molar-refractivity contribution in [2.24, 2.45) is 11.8 Å². The summed E-state index contributed by atoms with van der Waals surface area (Å²) in [6, 6.07) is 2.08. The number of hydrogen-bond acceptors (Lipinski definition) is 3. The molecule has 0 saturated heterocycles. The van der Waals surface area contributed by atoms with Crippen LogP contribution in [0, 0.1) is 18.8 Å². The molecule has 1 aliphatic carbocycles. The van der Waals surface area contributed by atoms with Crippen LogP contribution in [0.15, 0.2) is 12.3 Å². The molecule has 0 atom stereocenters. The minimum Gasteiger partial charge on any atom is -0.493 e. The molecule has 1 heterocycles. The maximum absolute atomic E-state index is 6.13. The lowest BCUT2D eigenvalue weighted by Crippen LogP contribution is -2.20. The Morgan fingerprint density at radius 2 is 2.05 bits per heavy atom. The van der Waals surface area contributed by atoms with Gasteiger partial charge < -0.3 is 10.1 Å². The average molecular weight is 290 g/mol. The van der Waals surface area contributed by atoms with Crippen LogP contribution in [0.1, 0.15) is 57.2 Å². The van der Waals surface area contributed by atoms with Crippen LogP contribution < -0.4 is 10.1 Å². The third-order valence-electron chi connectivity index (χ3n) is 4.15. The van der Waals surface area contributed by atoms with Crippen molar-refractivity contribution in [3.63, 3.8) is 0 Å². The highest BCUT2D eigenvalue weighted by Crippen LogP contribution is 2.26. The smallest absolute Gasteiger partial charge is 0.127 e. The van der Waals surface area contributed by atoms with Gasteiger partial charge in [-0.1, -0.05) is 33.1 Å². The highest BCUT2D eigenvalue weighted by atomic mass is 16.5. The summed E-state index contributed by atoms with van der Waals surface area (Å²) < 4.78 is 6.13. The number of hydrogen-bond donors (Lipinski definition) is 1. The molecule has 1 N–H and O–H groups in total. The second kappa shape index (κ2) is 8.38. The molecule has 0 spiro atoms. The van der Waals surface area contributed by atoms with Crippen LogP contribution in [-0.2, 0) is 6.54 Å². The van der Waals surface area contributed by atoms with E-state index in [4.69, 9.17) is 4.74 Å². The number of rotatable bonds is 7. The highest BCUT2D eigenvalue weighted by Gasteiger charge is 2.15. The van der Waals surface area contributed by atoms with Crippen molar-refractivity contribution in [2.75, 3.05) is 13.2 Å². The van der Waals surface area contributed by atoms with Gasteiger partial charge in [0, 0.05) is 30.1 Å². The zero-order valence-electron chi connectivity index (χ0n) is 13.8. The summed E-state index contributed by atoms with van der Waals surface area (Å²) in [4.78, 5) is 4.41.